The van der Waals surface area contributed by atoms with E-state index < -0.39 is 0 Å². The van der Waals surface area contributed by atoms with Crippen molar-refractivity contribution in [2.75, 3.05) is 0 Å². The van der Waals surface area contributed by atoms with Gasteiger partial charge in [-0.3, -0.25) is 0 Å². The third kappa shape index (κ3) is 6.66. The van der Waals surface area contributed by atoms with Gasteiger partial charge in [-0.1, -0.05) is 83.2 Å². The molecule has 1 aromatic carbocycles. The lowest BCUT2D eigenvalue weighted by molar-refractivity contribution is 0.411. The van der Waals surface area contributed by atoms with Gasteiger partial charge in [0.15, 0.2) is 0 Å². The Balaban J connectivity index is 0.000000212. The van der Waals surface area contributed by atoms with E-state index in [0.717, 1.165) is 6.42 Å². The molecule has 0 unspecified atom stereocenters. The van der Waals surface area contributed by atoms with Gasteiger partial charge in [0.05, 0.1) is 0 Å². The Bertz CT molecular complexity index is 254. The maximum atomic E-state index is 2.26. The molecule has 0 atom stereocenters. The average molecular weight is 218 g/mol. The summed E-state index contributed by atoms with van der Waals surface area (Å²) in [5.74, 6) is 0. The van der Waals surface area contributed by atoms with Gasteiger partial charge in [-0.05, 0) is 17.4 Å². The lowest BCUT2D eigenvalue weighted by Gasteiger charge is -2.17. The SMILES string of the molecule is C1CCCC1.CC(C)(C)Cc1ccccc1. The maximum absolute atomic E-state index is 2.26. The zero-order valence-corrected chi connectivity index (χ0v) is 11.1. The van der Waals surface area contributed by atoms with Crippen LogP contribution < -0.4 is 0 Å². The van der Waals surface area contributed by atoms with Crippen molar-refractivity contribution in [2.45, 2.75) is 59.3 Å². The zero-order chi connectivity index (χ0) is 11.9. The number of hydrogen-bond acceptors (Lipinski definition) is 0. The second-order valence-electron chi connectivity index (χ2n) is 5.99. The minimum atomic E-state index is 0.404. The molecule has 2 rings (SSSR count). The maximum Gasteiger partial charge on any atom is -0.0230 e. The first-order valence-corrected chi connectivity index (χ1v) is 6.62. The molecule has 0 heteroatoms. The molecule has 1 saturated carbocycles. The van der Waals surface area contributed by atoms with Crippen LogP contribution in [-0.2, 0) is 6.42 Å². The standard InChI is InChI=1S/C11H16.C5H10/c1-11(2,3)9-10-7-5-4-6-8-10;1-2-4-5-3-1/h4-8H,9H2,1-3H3;1-5H2. The zero-order valence-electron chi connectivity index (χ0n) is 11.1. The molecule has 0 amide bonds. The third-order valence-electron chi connectivity index (χ3n) is 2.83. The topological polar surface area (TPSA) is 0 Å². The van der Waals surface area contributed by atoms with Crippen molar-refractivity contribution in [1.82, 2.24) is 0 Å². The van der Waals surface area contributed by atoms with Crippen molar-refractivity contribution in [1.29, 1.82) is 0 Å². The Hall–Kier alpha value is -0.780. The molecule has 0 bridgehead atoms. The minimum Gasteiger partial charge on any atom is -0.0622 e. The Morgan fingerprint density at radius 1 is 0.812 bits per heavy atom. The average Bonchev–Trinajstić information content (AvgIpc) is 2.74. The van der Waals surface area contributed by atoms with Gasteiger partial charge >= 0.3 is 0 Å². The summed E-state index contributed by atoms with van der Waals surface area (Å²) in [5, 5.41) is 0. The Morgan fingerprint density at radius 2 is 1.25 bits per heavy atom. The Labute approximate surface area is 101 Å². The largest absolute Gasteiger partial charge is 0.0622 e. The van der Waals surface area contributed by atoms with E-state index in [4.69, 9.17) is 0 Å². The molecule has 0 spiro atoms. The van der Waals surface area contributed by atoms with E-state index in [0.29, 0.717) is 5.41 Å². The van der Waals surface area contributed by atoms with Gasteiger partial charge in [-0.15, -0.1) is 0 Å². The van der Waals surface area contributed by atoms with Crippen molar-refractivity contribution in [3.8, 4) is 0 Å². The first-order valence-electron chi connectivity index (χ1n) is 6.62. The molecular weight excluding hydrogens is 192 g/mol. The monoisotopic (exact) mass is 218 g/mol. The van der Waals surface area contributed by atoms with Gasteiger partial charge in [0.25, 0.3) is 0 Å². The van der Waals surface area contributed by atoms with E-state index in [9.17, 15) is 0 Å². The quantitative estimate of drug-likeness (QED) is 0.606. The van der Waals surface area contributed by atoms with Crippen molar-refractivity contribution >= 4 is 0 Å². The number of hydrogen-bond donors (Lipinski definition) is 0. The van der Waals surface area contributed by atoms with Crippen LogP contribution in [0, 0.1) is 5.41 Å². The lowest BCUT2D eigenvalue weighted by atomic mass is 9.88. The van der Waals surface area contributed by atoms with Crippen molar-refractivity contribution in [2.24, 2.45) is 5.41 Å². The van der Waals surface area contributed by atoms with E-state index in [1.807, 2.05) is 0 Å². The second-order valence-corrected chi connectivity index (χ2v) is 5.99. The fourth-order valence-electron chi connectivity index (χ4n) is 2.09. The molecule has 0 N–H and O–H groups in total. The summed E-state index contributed by atoms with van der Waals surface area (Å²) in [6.45, 7) is 6.79. The predicted octanol–water partition coefficient (Wildman–Crippen LogP) is 5.23. The molecule has 0 radical (unpaired) electrons. The van der Waals surface area contributed by atoms with Gasteiger partial charge < -0.3 is 0 Å². The van der Waals surface area contributed by atoms with Crippen LogP contribution in [0.1, 0.15) is 58.4 Å². The van der Waals surface area contributed by atoms with Crippen LogP contribution in [0.2, 0.25) is 0 Å². The fourth-order valence-corrected chi connectivity index (χ4v) is 2.09. The van der Waals surface area contributed by atoms with Crippen LogP contribution in [-0.4, -0.2) is 0 Å². The van der Waals surface area contributed by atoms with Crippen LogP contribution in [0.15, 0.2) is 30.3 Å². The Morgan fingerprint density at radius 3 is 1.62 bits per heavy atom. The van der Waals surface area contributed by atoms with E-state index in [1.165, 1.54) is 37.7 Å². The van der Waals surface area contributed by atoms with E-state index in [-0.39, 0.29) is 0 Å². The molecule has 1 aromatic rings. The van der Waals surface area contributed by atoms with Crippen LogP contribution in [0.3, 0.4) is 0 Å². The van der Waals surface area contributed by atoms with E-state index in [2.05, 4.69) is 51.1 Å². The molecule has 1 aliphatic carbocycles. The van der Waals surface area contributed by atoms with Gasteiger partial charge in [0.2, 0.25) is 0 Å². The lowest BCUT2D eigenvalue weighted by Crippen LogP contribution is -2.08. The van der Waals surface area contributed by atoms with Gasteiger partial charge in [0.1, 0.15) is 0 Å². The van der Waals surface area contributed by atoms with Crippen LogP contribution in [0.4, 0.5) is 0 Å². The van der Waals surface area contributed by atoms with Crippen LogP contribution in [0.5, 0.6) is 0 Å². The summed E-state index contributed by atoms with van der Waals surface area (Å²) in [7, 11) is 0. The summed E-state index contributed by atoms with van der Waals surface area (Å²) >= 11 is 0. The molecule has 0 aromatic heterocycles. The number of rotatable bonds is 1. The molecule has 90 valence electrons. The molecule has 1 aliphatic rings. The minimum absolute atomic E-state index is 0.404. The Kier molecular flexibility index (Phi) is 5.59. The normalized spacial score (nSPS) is 15.4. The van der Waals surface area contributed by atoms with Gasteiger partial charge in [0, 0.05) is 0 Å². The summed E-state index contributed by atoms with van der Waals surface area (Å²) in [5.41, 5.74) is 1.83. The summed E-state index contributed by atoms with van der Waals surface area (Å²) < 4.78 is 0. The molecule has 16 heavy (non-hydrogen) atoms. The molecule has 0 heterocycles. The van der Waals surface area contributed by atoms with Gasteiger partial charge in [-0.2, -0.15) is 0 Å². The van der Waals surface area contributed by atoms with Crippen molar-refractivity contribution < 1.29 is 0 Å². The summed E-state index contributed by atoms with van der Waals surface area (Å²) in [4.78, 5) is 0. The highest BCUT2D eigenvalue weighted by Gasteiger charge is 2.09. The molecule has 0 saturated heterocycles. The van der Waals surface area contributed by atoms with Crippen LogP contribution in [0.25, 0.3) is 0 Å². The highest BCUT2D eigenvalue weighted by atomic mass is 14.1. The third-order valence-corrected chi connectivity index (χ3v) is 2.83. The van der Waals surface area contributed by atoms with Crippen LogP contribution >= 0.6 is 0 Å². The number of benzene rings is 1. The molecule has 0 nitrogen and oxygen atoms in total. The van der Waals surface area contributed by atoms with Gasteiger partial charge in [-0.25, -0.2) is 0 Å². The fraction of sp³-hybridized carbons (Fsp3) is 0.625. The highest BCUT2D eigenvalue weighted by Crippen LogP contribution is 2.19. The van der Waals surface area contributed by atoms with E-state index >= 15 is 0 Å². The predicted molar refractivity (Wildman–Crippen MR) is 72.7 cm³/mol. The van der Waals surface area contributed by atoms with E-state index in [1.54, 1.807) is 0 Å². The second kappa shape index (κ2) is 6.73. The molecule has 1 fully saturated rings. The molecule has 0 aliphatic heterocycles. The first-order chi connectivity index (χ1) is 7.58. The first kappa shape index (κ1) is 13.3. The van der Waals surface area contributed by atoms with Crippen molar-refractivity contribution in [3.05, 3.63) is 35.9 Å². The van der Waals surface area contributed by atoms with Crippen molar-refractivity contribution in [3.63, 3.8) is 0 Å². The summed E-state index contributed by atoms with van der Waals surface area (Å²) in [6.07, 6.45) is 8.66. The molecular formula is C16H26. The summed E-state index contributed by atoms with van der Waals surface area (Å²) in [6, 6.07) is 10.6. The highest BCUT2D eigenvalue weighted by molar-refractivity contribution is 5.15. The smallest absolute Gasteiger partial charge is 0.0230 e.